The highest BCUT2D eigenvalue weighted by atomic mass is 14.8. The maximum atomic E-state index is 5.11. The number of aromatic nitrogens is 11. The molecule has 0 atom stereocenters. The predicted molar refractivity (Wildman–Crippen MR) is 449 cm³/mol. The third kappa shape index (κ3) is 13.5. The van der Waals surface area contributed by atoms with Crippen molar-refractivity contribution in [3.63, 3.8) is 0 Å². The number of nitrogens with zero attached hydrogens (tertiary/aromatic N) is 11. The summed E-state index contributed by atoms with van der Waals surface area (Å²) in [6.45, 7) is 0. The summed E-state index contributed by atoms with van der Waals surface area (Å²) in [4.78, 5) is 51.2. The SMILES string of the molecule is c1ccc(-c2ccc3cc(-c4ccc5nc(-c6cccc(-c7cccnc7)c6)ccc5c4)ccc3n2)nc1.c1ccc(-c2ccc3cc(-c4ccc5nc(-c6cccc7ccc8ccccc8c67)ccc5c4)ccc3n2)nc1.c1ccc(-c2ccc3cc(-c4ccc5nc(-c6ccccn6)ccc5c4)ccc3n2)nc1. The molecule has 0 radical (unpaired) electrons. The molecule has 0 amide bonds. The Hall–Kier alpha value is -15.1. The molecule has 110 heavy (non-hydrogen) atoms. The van der Waals surface area contributed by atoms with E-state index in [1.54, 1.807) is 31.0 Å². The molecule has 10 aromatic carbocycles. The normalized spacial score (nSPS) is 11.3. The van der Waals surface area contributed by atoms with Crippen LogP contribution in [-0.4, -0.2) is 54.8 Å². The van der Waals surface area contributed by atoms with Crippen LogP contribution in [-0.2, 0) is 0 Å². The third-order valence-corrected chi connectivity index (χ3v) is 20.0. The Kier molecular flexibility index (Phi) is 17.4. The Morgan fingerprint density at radius 2 is 0.482 bits per heavy atom. The van der Waals surface area contributed by atoms with Crippen LogP contribution in [0.15, 0.2) is 383 Å². The first-order chi connectivity index (χ1) is 54.4. The van der Waals surface area contributed by atoms with Crippen molar-refractivity contribution >= 4 is 87.0 Å². The zero-order chi connectivity index (χ0) is 73.1. The van der Waals surface area contributed by atoms with E-state index in [4.69, 9.17) is 29.9 Å². The first-order valence-corrected chi connectivity index (χ1v) is 36.5. The molecule has 11 nitrogen and oxygen atoms in total. The predicted octanol–water partition coefficient (Wildman–Crippen LogP) is 24.3. The van der Waals surface area contributed by atoms with Crippen molar-refractivity contribution < 1.29 is 0 Å². The van der Waals surface area contributed by atoms with Crippen LogP contribution in [0.4, 0.5) is 0 Å². The van der Waals surface area contributed by atoms with Gasteiger partial charge in [-0.3, -0.25) is 24.9 Å². The number of hydrogen-bond acceptors (Lipinski definition) is 11. The van der Waals surface area contributed by atoms with E-state index in [9.17, 15) is 0 Å². The molecule has 11 heteroatoms. The summed E-state index contributed by atoms with van der Waals surface area (Å²) in [6, 6.07) is 119. The van der Waals surface area contributed by atoms with Gasteiger partial charge in [0.25, 0.3) is 0 Å². The van der Waals surface area contributed by atoms with Crippen molar-refractivity contribution in [1.82, 2.24) is 54.8 Å². The van der Waals surface area contributed by atoms with E-state index in [-0.39, 0.29) is 0 Å². The monoisotopic (exact) mass is 1410 g/mol. The van der Waals surface area contributed by atoms with Crippen LogP contribution < -0.4 is 0 Å². The molecule has 0 saturated carbocycles. The average Bonchev–Trinajstić information content (AvgIpc) is 0.763. The largest absolute Gasteiger partial charge is 0.264 e. The van der Waals surface area contributed by atoms with Gasteiger partial charge in [-0.2, -0.15) is 0 Å². The van der Waals surface area contributed by atoms with Crippen LogP contribution in [0.25, 0.3) is 200 Å². The highest BCUT2D eigenvalue weighted by Gasteiger charge is 2.15. The van der Waals surface area contributed by atoms with E-state index in [1.807, 2.05) is 109 Å². The Bertz CT molecular complexity index is 6910. The number of hydrogen-bond donors (Lipinski definition) is 0. The fraction of sp³-hybridized carbons (Fsp3) is 0. The molecule has 0 spiro atoms. The molecule has 0 aliphatic rings. The van der Waals surface area contributed by atoms with Gasteiger partial charge in [0.2, 0.25) is 0 Å². The maximum Gasteiger partial charge on any atom is 0.0893 e. The quantitative estimate of drug-likeness (QED) is 0.121. The van der Waals surface area contributed by atoms with E-state index in [0.717, 1.165) is 178 Å². The summed E-state index contributed by atoms with van der Waals surface area (Å²) in [5.74, 6) is 0. The van der Waals surface area contributed by atoms with Crippen molar-refractivity contribution in [1.29, 1.82) is 0 Å². The van der Waals surface area contributed by atoms with Crippen LogP contribution in [0.3, 0.4) is 0 Å². The molecule has 0 aliphatic heterocycles. The molecule has 0 unspecified atom stereocenters. The van der Waals surface area contributed by atoms with E-state index in [2.05, 4.69) is 268 Å². The standard InChI is InChI=1S/C37H23N3.C34H22N4.C28H18N4/c1-2-8-30-24(6-1)11-12-25-7-5-9-31(37(25)30)34-19-15-28-22-26(13-17-32(28)39-34)27-14-18-33-29(23-27)16-20-36(40-33)35-10-3-4-21-38-35;1-2-18-36-33(8-1)34-16-12-28-21-25(10-14-32(28)38-34)24-9-13-31-27(20-24)11-15-30(37-31)26-6-3-5-23(19-26)29-7-4-17-35-22-29;1-3-15-29-25(5-1)27-13-9-21-17-19(7-11-23(21)31-27)20-8-12-24-22(18-20)10-14-28(32-24)26-6-2-4-16-30-26/h1-23H;1-22H;1-18H. The van der Waals surface area contributed by atoms with Crippen molar-refractivity contribution in [2.24, 2.45) is 0 Å². The molecule has 11 heterocycles. The summed E-state index contributed by atoms with van der Waals surface area (Å²) < 4.78 is 0. The van der Waals surface area contributed by atoms with Gasteiger partial charge in [-0.15, -0.1) is 0 Å². The molecule has 21 rings (SSSR count). The van der Waals surface area contributed by atoms with Gasteiger partial charge in [0.05, 0.1) is 90.0 Å². The van der Waals surface area contributed by atoms with Gasteiger partial charge in [0.15, 0.2) is 0 Å². The molecule has 0 N–H and O–H groups in total. The van der Waals surface area contributed by atoms with Gasteiger partial charge in [-0.25, -0.2) is 29.9 Å². The average molecular weight is 1410 g/mol. The van der Waals surface area contributed by atoms with Gasteiger partial charge in [0.1, 0.15) is 0 Å². The zero-order valence-electron chi connectivity index (χ0n) is 59.3. The summed E-state index contributed by atoms with van der Waals surface area (Å²) >= 11 is 0. The second-order valence-corrected chi connectivity index (χ2v) is 27.0. The Balaban J connectivity index is 0.000000112. The fourth-order valence-corrected chi connectivity index (χ4v) is 14.4. The van der Waals surface area contributed by atoms with Crippen LogP contribution >= 0.6 is 0 Å². The van der Waals surface area contributed by atoms with Crippen molar-refractivity contribution in [3.05, 3.63) is 383 Å². The minimum atomic E-state index is 0.878. The molecular weight excluding hydrogens is 1340 g/mol. The number of pyridine rings is 11. The first kappa shape index (κ1) is 65.7. The summed E-state index contributed by atoms with van der Waals surface area (Å²) in [5.41, 5.74) is 26.2. The molecule has 514 valence electrons. The van der Waals surface area contributed by atoms with E-state index in [1.165, 1.54) is 21.5 Å². The van der Waals surface area contributed by atoms with Gasteiger partial charge < -0.3 is 0 Å². The topological polar surface area (TPSA) is 142 Å². The summed E-state index contributed by atoms with van der Waals surface area (Å²) in [5, 5.41) is 11.6. The van der Waals surface area contributed by atoms with Crippen molar-refractivity contribution in [2.45, 2.75) is 0 Å². The highest BCUT2D eigenvalue weighted by Crippen LogP contribution is 2.38. The zero-order valence-corrected chi connectivity index (χ0v) is 59.3. The van der Waals surface area contributed by atoms with Crippen LogP contribution in [0.1, 0.15) is 0 Å². The van der Waals surface area contributed by atoms with Gasteiger partial charge in [-0.05, 0) is 230 Å². The van der Waals surface area contributed by atoms with E-state index in [0.29, 0.717) is 0 Å². The highest BCUT2D eigenvalue weighted by molar-refractivity contribution is 6.14. The molecule has 0 aliphatic carbocycles. The van der Waals surface area contributed by atoms with Gasteiger partial charge in [0, 0.05) is 86.2 Å². The van der Waals surface area contributed by atoms with Gasteiger partial charge in [-0.1, -0.05) is 176 Å². The molecule has 21 aromatic rings. The Labute approximate surface area is 633 Å². The van der Waals surface area contributed by atoms with Crippen LogP contribution in [0.2, 0.25) is 0 Å². The molecule has 0 saturated heterocycles. The number of benzene rings is 10. The second-order valence-electron chi connectivity index (χ2n) is 27.0. The van der Waals surface area contributed by atoms with Crippen LogP contribution in [0.5, 0.6) is 0 Å². The first-order valence-electron chi connectivity index (χ1n) is 36.5. The lowest BCUT2D eigenvalue weighted by Gasteiger charge is -2.11. The van der Waals surface area contributed by atoms with Crippen molar-refractivity contribution in [3.8, 4) is 113 Å². The molecule has 11 aromatic heterocycles. The minimum Gasteiger partial charge on any atom is -0.264 e. The Morgan fingerprint density at radius 1 is 0.164 bits per heavy atom. The lowest BCUT2D eigenvalue weighted by Crippen LogP contribution is -1.90. The lowest BCUT2D eigenvalue weighted by atomic mass is 9.95. The smallest absolute Gasteiger partial charge is 0.0893 e. The van der Waals surface area contributed by atoms with E-state index >= 15 is 0 Å². The number of rotatable bonds is 10. The molecule has 0 bridgehead atoms. The maximum absolute atomic E-state index is 5.11. The Morgan fingerprint density at radius 3 is 0.882 bits per heavy atom. The summed E-state index contributed by atoms with van der Waals surface area (Å²) in [6.07, 6.45) is 10.8. The van der Waals surface area contributed by atoms with E-state index < -0.39 is 0 Å². The second kappa shape index (κ2) is 29.1. The molecular formula is C99H63N11. The molecule has 0 fully saturated rings. The fourth-order valence-electron chi connectivity index (χ4n) is 14.4. The van der Waals surface area contributed by atoms with Crippen LogP contribution in [0, 0.1) is 0 Å². The summed E-state index contributed by atoms with van der Waals surface area (Å²) in [7, 11) is 0. The minimum absolute atomic E-state index is 0.878. The van der Waals surface area contributed by atoms with Gasteiger partial charge >= 0.3 is 0 Å². The third-order valence-electron chi connectivity index (χ3n) is 20.0. The number of fused-ring (bicyclic) bond motifs is 9. The van der Waals surface area contributed by atoms with Crippen molar-refractivity contribution in [2.75, 3.05) is 0 Å². The lowest BCUT2D eigenvalue weighted by molar-refractivity contribution is 1.28.